The van der Waals surface area contributed by atoms with Crippen LogP contribution in [0, 0.1) is 23.5 Å². The molecular weight excluding hydrogens is 368 g/mol. The lowest BCUT2D eigenvalue weighted by molar-refractivity contribution is -0.137. The largest absolute Gasteiger partial charge is 0.481 e. The van der Waals surface area contributed by atoms with Crippen LogP contribution < -0.4 is 9.64 Å². The maximum Gasteiger partial charge on any atom is 0.303 e. The van der Waals surface area contributed by atoms with Gasteiger partial charge in [0.05, 0.1) is 24.7 Å². The van der Waals surface area contributed by atoms with E-state index in [0.29, 0.717) is 43.6 Å². The second kappa shape index (κ2) is 7.69. The van der Waals surface area contributed by atoms with E-state index in [1.807, 2.05) is 0 Å². The Morgan fingerprint density at radius 2 is 1.93 bits per heavy atom. The molecule has 1 unspecified atom stereocenters. The summed E-state index contributed by atoms with van der Waals surface area (Å²) >= 11 is 0. The predicted octanol–water partition coefficient (Wildman–Crippen LogP) is 3.51. The van der Waals surface area contributed by atoms with Gasteiger partial charge in [-0.1, -0.05) is 0 Å². The van der Waals surface area contributed by atoms with Crippen molar-refractivity contribution in [1.29, 1.82) is 0 Å². The van der Waals surface area contributed by atoms with Gasteiger partial charge in [0, 0.05) is 25.1 Å². The van der Waals surface area contributed by atoms with Crippen molar-refractivity contribution in [2.24, 2.45) is 11.8 Å². The molecule has 0 spiro atoms. The van der Waals surface area contributed by atoms with E-state index in [0.717, 1.165) is 12.8 Å². The van der Waals surface area contributed by atoms with E-state index >= 15 is 0 Å². The summed E-state index contributed by atoms with van der Waals surface area (Å²) in [5, 5.41) is 8.91. The number of ether oxygens (including phenoxy) is 1. The maximum absolute atomic E-state index is 14.7. The third kappa shape index (κ3) is 4.21. The fourth-order valence-electron chi connectivity index (χ4n) is 3.51. The van der Waals surface area contributed by atoms with Crippen molar-refractivity contribution in [2.45, 2.75) is 25.7 Å². The van der Waals surface area contributed by atoms with Crippen LogP contribution in [0.5, 0.6) is 5.88 Å². The first kappa shape index (κ1) is 18.6. The number of halogens is 2. The molecule has 6 nitrogen and oxygen atoms in total. The number of nitrogens with zero attached hydrogens (tertiary/aromatic N) is 3. The first-order chi connectivity index (χ1) is 13.5. The number of hydrogen-bond acceptors (Lipinski definition) is 5. The molecule has 28 heavy (non-hydrogen) atoms. The lowest BCUT2D eigenvalue weighted by atomic mass is 10.1. The third-order valence-corrected chi connectivity index (χ3v) is 5.15. The fourth-order valence-corrected chi connectivity index (χ4v) is 3.51. The normalized spacial score (nSPS) is 19.1. The summed E-state index contributed by atoms with van der Waals surface area (Å²) in [5.74, 6) is -1.50. The SMILES string of the molecule is O=C(O)CC1CCN(c2c(F)cc(-c3cncc(OCC4CC4)n3)cc2F)C1. The molecule has 0 bridgehead atoms. The quantitative estimate of drug-likeness (QED) is 0.781. The molecule has 0 radical (unpaired) electrons. The number of benzene rings is 1. The monoisotopic (exact) mass is 389 g/mol. The molecule has 1 N–H and O–H groups in total. The Morgan fingerprint density at radius 3 is 2.61 bits per heavy atom. The first-order valence-electron chi connectivity index (χ1n) is 9.40. The molecule has 1 saturated carbocycles. The molecule has 2 aliphatic rings. The summed E-state index contributed by atoms with van der Waals surface area (Å²) in [7, 11) is 0. The van der Waals surface area contributed by atoms with Crippen molar-refractivity contribution in [3.05, 3.63) is 36.2 Å². The van der Waals surface area contributed by atoms with Gasteiger partial charge in [-0.25, -0.2) is 13.8 Å². The molecule has 8 heteroatoms. The average Bonchev–Trinajstić information content (AvgIpc) is 3.38. The van der Waals surface area contributed by atoms with Crippen molar-refractivity contribution in [3.8, 4) is 17.1 Å². The maximum atomic E-state index is 14.7. The minimum absolute atomic E-state index is 0.00105. The van der Waals surface area contributed by atoms with Crippen LogP contribution in [0.25, 0.3) is 11.3 Å². The van der Waals surface area contributed by atoms with Crippen LogP contribution >= 0.6 is 0 Å². The van der Waals surface area contributed by atoms with Crippen LogP contribution in [0.1, 0.15) is 25.7 Å². The Morgan fingerprint density at radius 1 is 1.18 bits per heavy atom. The van der Waals surface area contributed by atoms with Crippen LogP contribution in [0.3, 0.4) is 0 Å². The molecule has 2 fully saturated rings. The Hall–Kier alpha value is -2.77. The number of aliphatic carboxylic acids is 1. The highest BCUT2D eigenvalue weighted by Gasteiger charge is 2.29. The molecule has 2 heterocycles. The number of aromatic nitrogens is 2. The summed E-state index contributed by atoms with van der Waals surface area (Å²) in [5.41, 5.74) is 0.498. The Labute approximate surface area is 161 Å². The molecule has 4 rings (SSSR count). The van der Waals surface area contributed by atoms with E-state index in [2.05, 4.69) is 9.97 Å². The Bertz CT molecular complexity index is 866. The number of carboxylic acid groups (broad SMARTS) is 1. The summed E-state index contributed by atoms with van der Waals surface area (Å²) in [4.78, 5) is 20.8. The first-order valence-corrected chi connectivity index (χ1v) is 9.40. The van der Waals surface area contributed by atoms with E-state index in [4.69, 9.17) is 9.84 Å². The Kier molecular flexibility index (Phi) is 5.11. The van der Waals surface area contributed by atoms with Crippen LogP contribution in [-0.2, 0) is 4.79 Å². The number of carboxylic acids is 1. The van der Waals surface area contributed by atoms with Gasteiger partial charge < -0.3 is 14.7 Å². The van der Waals surface area contributed by atoms with E-state index in [-0.39, 0.29) is 23.6 Å². The standard InChI is InChI=1S/C20H21F2N3O3/c21-15-6-14(17-8-23-9-18(24-17)28-11-12-1-2-12)7-16(22)20(15)25-4-3-13(10-25)5-19(26)27/h6-9,12-13H,1-5,10-11H2,(H,26,27). The van der Waals surface area contributed by atoms with Gasteiger partial charge in [-0.05, 0) is 43.2 Å². The average molecular weight is 389 g/mol. The third-order valence-electron chi connectivity index (χ3n) is 5.15. The molecular formula is C20H21F2N3O3. The van der Waals surface area contributed by atoms with Crippen LogP contribution in [0.4, 0.5) is 14.5 Å². The lowest BCUT2D eigenvalue weighted by Crippen LogP contribution is -2.23. The molecule has 1 aliphatic heterocycles. The highest BCUT2D eigenvalue weighted by Crippen LogP contribution is 2.34. The van der Waals surface area contributed by atoms with Crippen molar-refractivity contribution < 1.29 is 23.4 Å². The predicted molar refractivity (Wildman–Crippen MR) is 98.2 cm³/mol. The van der Waals surface area contributed by atoms with Gasteiger partial charge in [-0.15, -0.1) is 0 Å². The second-order valence-corrected chi connectivity index (χ2v) is 7.48. The molecule has 2 aromatic rings. The summed E-state index contributed by atoms with van der Waals surface area (Å²) < 4.78 is 35.0. The Balaban J connectivity index is 1.52. The van der Waals surface area contributed by atoms with E-state index in [1.54, 1.807) is 4.90 Å². The van der Waals surface area contributed by atoms with Gasteiger partial charge >= 0.3 is 5.97 Å². The molecule has 1 atom stereocenters. The van der Waals surface area contributed by atoms with Crippen LogP contribution in [0.2, 0.25) is 0 Å². The van der Waals surface area contributed by atoms with Crippen molar-refractivity contribution in [3.63, 3.8) is 0 Å². The summed E-state index contributed by atoms with van der Waals surface area (Å²) in [6.07, 6.45) is 5.82. The van der Waals surface area contributed by atoms with Gasteiger partial charge in [0.25, 0.3) is 0 Å². The smallest absolute Gasteiger partial charge is 0.303 e. The van der Waals surface area contributed by atoms with Gasteiger partial charge in [0.1, 0.15) is 17.3 Å². The minimum atomic E-state index is -0.898. The summed E-state index contributed by atoms with van der Waals surface area (Å²) in [6.45, 7) is 1.32. The van der Waals surface area contributed by atoms with Gasteiger partial charge in [-0.2, -0.15) is 0 Å². The number of anilines is 1. The van der Waals surface area contributed by atoms with Crippen LogP contribution in [-0.4, -0.2) is 40.7 Å². The molecule has 1 aliphatic carbocycles. The zero-order valence-electron chi connectivity index (χ0n) is 15.3. The molecule has 1 saturated heterocycles. The highest BCUT2D eigenvalue weighted by atomic mass is 19.1. The zero-order chi connectivity index (χ0) is 19.7. The number of carbonyl (C=O) groups is 1. The zero-order valence-corrected chi connectivity index (χ0v) is 15.3. The van der Waals surface area contributed by atoms with Crippen LogP contribution in [0.15, 0.2) is 24.5 Å². The van der Waals surface area contributed by atoms with E-state index in [9.17, 15) is 13.6 Å². The van der Waals surface area contributed by atoms with E-state index in [1.165, 1.54) is 24.5 Å². The second-order valence-electron chi connectivity index (χ2n) is 7.48. The molecule has 0 amide bonds. The van der Waals surface area contributed by atoms with E-state index < -0.39 is 17.6 Å². The van der Waals surface area contributed by atoms with Gasteiger partial charge in [0.15, 0.2) is 0 Å². The summed E-state index contributed by atoms with van der Waals surface area (Å²) in [6, 6.07) is 2.47. The fraction of sp³-hybridized carbons (Fsp3) is 0.450. The molecule has 1 aromatic carbocycles. The number of hydrogen-bond donors (Lipinski definition) is 1. The lowest BCUT2D eigenvalue weighted by Gasteiger charge is -2.20. The topological polar surface area (TPSA) is 75.5 Å². The number of rotatable bonds is 7. The molecule has 1 aromatic heterocycles. The van der Waals surface area contributed by atoms with Crippen molar-refractivity contribution in [2.75, 3.05) is 24.6 Å². The van der Waals surface area contributed by atoms with Gasteiger partial charge in [0.2, 0.25) is 5.88 Å². The van der Waals surface area contributed by atoms with Crippen molar-refractivity contribution >= 4 is 11.7 Å². The van der Waals surface area contributed by atoms with Gasteiger partial charge in [-0.3, -0.25) is 9.78 Å². The van der Waals surface area contributed by atoms with Crippen molar-refractivity contribution in [1.82, 2.24) is 9.97 Å². The minimum Gasteiger partial charge on any atom is -0.481 e. The highest BCUT2D eigenvalue weighted by molar-refractivity contribution is 5.68. The molecule has 148 valence electrons.